The van der Waals surface area contributed by atoms with Crippen molar-refractivity contribution in [1.29, 1.82) is 0 Å². The molecule has 0 aromatic carbocycles. The highest BCUT2D eigenvalue weighted by Crippen LogP contribution is 2.42. The number of alkyl carbamates (subject to hydrolysis) is 1. The van der Waals surface area contributed by atoms with E-state index >= 15 is 0 Å². The standard InChI is InChI=1S/C16H29NO4/c1-15(2,3)21-14(20)17-12(13(18)19)10-11-8-6-7-9-16(11,4)5/h11-12H,6-10H2,1-5H3,(H,17,20)(H,18,19). The number of carbonyl (C=O) groups is 2. The first-order valence-electron chi connectivity index (χ1n) is 7.73. The first-order chi connectivity index (χ1) is 9.51. The molecule has 1 aliphatic rings. The highest BCUT2D eigenvalue weighted by Gasteiger charge is 2.36. The summed E-state index contributed by atoms with van der Waals surface area (Å²) in [4.78, 5) is 23.2. The Bertz CT molecular complexity index is 384. The second-order valence-electron chi connectivity index (χ2n) is 7.70. The molecule has 122 valence electrons. The summed E-state index contributed by atoms with van der Waals surface area (Å²) in [6.45, 7) is 9.64. The summed E-state index contributed by atoms with van der Waals surface area (Å²) < 4.78 is 5.15. The zero-order valence-electron chi connectivity index (χ0n) is 13.9. The molecule has 0 aromatic rings. The molecule has 2 unspecified atom stereocenters. The first kappa shape index (κ1) is 17.8. The van der Waals surface area contributed by atoms with E-state index < -0.39 is 23.7 Å². The van der Waals surface area contributed by atoms with E-state index in [1.165, 1.54) is 6.42 Å². The minimum absolute atomic E-state index is 0.127. The largest absolute Gasteiger partial charge is 0.480 e. The minimum atomic E-state index is -0.998. The number of nitrogens with one attached hydrogen (secondary N) is 1. The lowest BCUT2D eigenvalue weighted by atomic mass is 9.67. The average molecular weight is 299 g/mol. The van der Waals surface area contributed by atoms with Crippen LogP contribution >= 0.6 is 0 Å². The van der Waals surface area contributed by atoms with Gasteiger partial charge in [-0.15, -0.1) is 0 Å². The van der Waals surface area contributed by atoms with E-state index in [0.29, 0.717) is 12.3 Å². The number of amides is 1. The van der Waals surface area contributed by atoms with Gasteiger partial charge in [-0.05, 0) is 51.4 Å². The van der Waals surface area contributed by atoms with Crippen LogP contribution < -0.4 is 5.32 Å². The molecule has 1 amide bonds. The van der Waals surface area contributed by atoms with Gasteiger partial charge in [0.2, 0.25) is 0 Å². The molecular weight excluding hydrogens is 270 g/mol. The molecule has 21 heavy (non-hydrogen) atoms. The fourth-order valence-electron chi connectivity index (χ4n) is 2.96. The summed E-state index contributed by atoms with van der Waals surface area (Å²) in [6, 6.07) is -0.887. The van der Waals surface area contributed by atoms with Gasteiger partial charge in [0.15, 0.2) is 0 Å². The lowest BCUT2D eigenvalue weighted by Crippen LogP contribution is -2.46. The Morgan fingerprint density at radius 1 is 1.33 bits per heavy atom. The van der Waals surface area contributed by atoms with Crippen molar-refractivity contribution in [2.45, 2.75) is 78.4 Å². The van der Waals surface area contributed by atoms with Crippen molar-refractivity contribution in [2.24, 2.45) is 11.3 Å². The lowest BCUT2D eigenvalue weighted by Gasteiger charge is -2.40. The molecule has 0 aliphatic heterocycles. The normalized spacial score (nSPS) is 23.2. The molecule has 0 saturated heterocycles. The van der Waals surface area contributed by atoms with Gasteiger partial charge in [0, 0.05) is 0 Å². The summed E-state index contributed by atoms with van der Waals surface area (Å²) in [6.07, 6.45) is 4.25. The van der Waals surface area contributed by atoms with Crippen LogP contribution in [0.3, 0.4) is 0 Å². The van der Waals surface area contributed by atoms with Gasteiger partial charge in [0.05, 0.1) is 0 Å². The van der Waals surface area contributed by atoms with Crippen molar-refractivity contribution in [1.82, 2.24) is 5.32 Å². The number of carbonyl (C=O) groups excluding carboxylic acids is 1. The van der Waals surface area contributed by atoms with Gasteiger partial charge >= 0.3 is 12.1 Å². The SMILES string of the molecule is CC(C)(C)OC(=O)NC(CC1CCCCC1(C)C)C(=O)O. The second kappa shape index (κ2) is 6.67. The summed E-state index contributed by atoms with van der Waals surface area (Å²) in [7, 11) is 0. The van der Waals surface area contributed by atoms with Crippen molar-refractivity contribution in [3.05, 3.63) is 0 Å². The third kappa shape index (κ3) is 5.94. The van der Waals surface area contributed by atoms with Crippen LogP contribution in [0.4, 0.5) is 4.79 Å². The number of ether oxygens (including phenoxy) is 1. The van der Waals surface area contributed by atoms with E-state index in [4.69, 9.17) is 4.74 Å². The molecule has 2 N–H and O–H groups in total. The highest BCUT2D eigenvalue weighted by molar-refractivity contribution is 5.80. The van der Waals surface area contributed by atoms with E-state index in [1.807, 2.05) is 0 Å². The Morgan fingerprint density at radius 3 is 2.43 bits per heavy atom. The molecular formula is C16H29NO4. The van der Waals surface area contributed by atoms with Gasteiger partial charge in [-0.1, -0.05) is 26.7 Å². The maximum absolute atomic E-state index is 11.8. The minimum Gasteiger partial charge on any atom is -0.480 e. The highest BCUT2D eigenvalue weighted by atomic mass is 16.6. The molecule has 0 aromatic heterocycles. The summed E-state index contributed by atoms with van der Waals surface area (Å²) in [5.41, 5.74) is -0.501. The number of aliphatic carboxylic acids is 1. The molecule has 1 aliphatic carbocycles. The van der Waals surface area contributed by atoms with Gasteiger partial charge in [-0.2, -0.15) is 0 Å². The van der Waals surface area contributed by atoms with Crippen LogP contribution in [0.2, 0.25) is 0 Å². The van der Waals surface area contributed by atoms with E-state index in [1.54, 1.807) is 20.8 Å². The van der Waals surface area contributed by atoms with E-state index in [2.05, 4.69) is 19.2 Å². The molecule has 0 heterocycles. The number of hydrogen-bond donors (Lipinski definition) is 2. The maximum atomic E-state index is 11.8. The molecule has 5 heteroatoms. The number of carboxylic acid groups (broad SMARTS) is 1. The Kier molecular flexibility index (Phi) is 5.65. The predicted octanol–water partition coefficient (Wildman–Crippen LogP) is 3.57. The fraction of sp³-hybridized carbons (Fsp3) is 0.875. The quantitative estimate of drug-likeness (QED) is 0.832. The number of rotatable bonds is 4. The van der Waals surface area contributed by atoms with Gasteiger partial charge in [-0.3, -0.25) is 0 Å². The topological polar surface area (TPSA) is 75.6 Å². The monoisotopic (exact) mass is 299 g/mol. The molecule has 0 spiro atoms. The van der Waals surface area contributed by atoms with E-state index in [9.17, 15) is 14.7 Å². The molecule has 1 rings (SSSR count). The Hall–Kier alpha value is -1.26. The van der Waals surface area contributed by atoms with Gasteiger partial charge < -0.3 is 15.2 Å². The van der Waals surface area contributed by atoms with Crippen LogP contribution in [0.5, 0.6) is 0 Å². The van der Waals surface area contributed by atoms with Crippen LogP contribution in [0.15, 0.2) is 0 Å². The summed E-state index contributed by atoms with van der Waals surface area (Å²) in [5.74, 6) is -0.690. The maximum Gasteiger partial charge on any atom is 0.408 e. The zero-order chi connectivity index (χ0) is 16.3. The molecule has 0 bridgehead atoms. The Balaban J connectivity index is 2.65. The number of carboxylic acids is 1. The van der Waals surface area contributed by atoms with Crippen LogP contribution in [-0.4, -0.2) is 28.8 Å². The van der Waals surface area contributed by atoms with Crippen LogP contribution in [-0.2, 0) is 9.53 Å². The smallest absolute Gasteiger partial charge is 0.408 e. The first-order valence-corrected chi connectivity index (χ1v) is 7.73. The summed E-state index contributed by atoms with van der Waals surface area (Å²) in [5, 5.41) is 11.8. The van der Waals surface area contributed by atoms with Crippen LogP contribution in [0.1, 0.15) is 66.7 Å². The summed E-state index contributed by atoms with van der Waals surface area (Å²) >= 11 is 0. The van der Waals surface area contributed by atoms with Gasteiger partial charge in [-0.25, -0.2) is 9.59 Å². The van der Waals surface area contributed by atoms with Gasteiger partial charge in [0.1, 0.15) is 11.6 Å². The van der Waals surface area contributed by atoms with Crippen LogP contribution in [0.25, 0.3) is 0 Å². The van der Waals surface area contributed by atoms with Crippen LogP contribution in [0, 0.1) is 11.3 Å². The number of hydrogen-bond acceptors (Lipinski definition) is 3. The molecule has 1 saturated carbocycles. The molecule has 5 nitrogen and oxygen atoms in total. The third-order valence-corrected chi connectivity index (χ3v) is 4.24. The molecule has 0 radical (unpaired) electrons. The van der Waals surface area contributed by atoms with Crippen molar-refractivity contribution in [3.8, 4) is 0 Å². The molecule has 1 fully saturated rings. The predicted molar refractivity (Wildman–Crippen MR) is 81.1 cm³/mol. The zero-order valence-corrected chi connectivity index (χ0v) is 13.9. The van der Waals surface area contributed by atoms with Crippen molar-refractivity contribution < 1.29 is 19.4 Å². The van der Waals surface area contributed by atoms with E-state index in [-0.39, 0.29) is 5.41 Å². The fourth-order valence-corrected chi connectivity index (χ4v) is 2.96. The Morgan fingerprint density at radius 2 is 1.95 bits per heavy atom. The van der Waals surface area contributed by atoms with E-state index in [0.717, 1.165) is 19.3 Å². The van der Waals surface area contributed by atoms with Crippen molar-refractivity contribution in [2.75, 3.05) is 0 Å². The average Bonchev–Trinajstić information content (AvgIpc) is 2.27. The second-order valence-corrected chi connectivity index (χ2v) is 7.70. The Labute approximate surface area is 127 Å². The van der Waals surface area contributed by atoms with Gasteiger partial charge in [0.25, 0.3) is 0 Å². The van der Waals surface area contributed by atoms with Crippen molar-refractivity contribution in [3.63, 3.8) is 0 Å². The lowest BCUT2D eigenvalue weighted by molar-refractivity contribution is -0.140. The molecule has 2 atom stereocenters. The van der Waals surface area contributed by atoms with Crippen molar-refractivity contribution >= 4 is 12.1 Å². The third-order valence-electron chi connectivity index (χ3n) is 4.24.